The van der Waals surface area contributed by atoms with Crippen molar-refractivity contribution >= 4 is 46.4 Å². The Bertz CT molecular complexity index is 2000. The summed E-state index contributed by atoms with van der Waals surface area (Å²) in [4.78, 5) is 19.1. The van der Waals surface area contributed by atoms with Crippen molar-refractivity contribution in [1.29, 1.82) is 0 Å². The first-order valence-corrected chi connectivity index (χ1v) is 20.5. The van der Waals surface area contributed by atoms with Gasteiger partial charge in [-0.05, 0) is 118 Å². The van der Waals surface area contributed by atoms with Crippen LogP contribution in [0, 0.1) is 17.8 Å². The zero-order valence-electron chi connectivity index (χ0n) is 30.0. The number of hydrogen-bond acceptors (Lipinski definition) is 2. The van der Waals surface area contributed by atoms with Gasteiger partial charge in [0.1, 0.15) is 0 Å². The SMILES string of the molecule is C(#CC1CCCCC1)c1c2nc(c(C3CCCC3)c3ccc([nH]3)c(C3CCCCC3)c3nc(c(C4CCCCCC4)c4ccc1[nH]4)C=C3)C=C2. The summed E-state index contributed by atoms with van der Waals surface area (Å²) < 4.78 is 0. The minimum atomic E-state index is 0.480. The van der Waals surface area contributed by atoms with Gasteiger partial charge in [-0.25, -0.2) is 9.97 Å². The lowest BCUT2D eigenvalue weighted by Gasteiger charge is -2.22. The molecule has 0 spiro atoms. The zero-order valence-corrected chi connectivity index (χ0v) is 30.0. The molecule has 3 aromatic heterocycles. The number of hydrogen-bond donors (Lipinski definition) is 2. The van der Waals surface area contributed by atoms with Crippen LogP contribution in [0.1, 0.15) is 191 Å². The van der Waals surface area contributed by atoms with Gasteiger partial charge in [0, 0.05) is 39.2 Å². The van der Waals surface area contributed by atoms with Crippen LogP contribution >= 0.6 is 0 Å². The van der Waals surface area contributed by atoms with Gasteiger partial charge >= 0.3 is 0 Å². The van der Waals surface area contributed by atoms with Crippen LogP contribution in [0.25, 0.3) is 46.4 Å². The molecule has 0 amide bonds. The highest BCUT2D eigenvalue weighted by atomic mass is 14.8. The van der Waals surface area contributed by atoms with E-state index in [1.165, 1.54) is 167 Å². The third-order valence-electron chi connectivity index (χ3n) is 12.9. The third kappa shape index (κ3) is 6.42. The number of rotatable bonds is 3. The highest BCUT2D eigenvalue weighted by Gasteiger charge is 2.27. The number of nitrogens with one attached hydrogen (secondary N) is 2. The van der Waals surface area contributed by atoms with Crippen molar-refractivity contribution in [3.05, 3.63) is 69.3 Å². The normalized spacial score (nSPS) is 21.0. The molecule has 4 nitrogen and oxygen atoms in total. The molecule has 0 radical (unpaired) electrons. The zero-order chi connectivity index (χ0) is 33.3. The van der Waals surface area contributed by atoms with E-state index in [0.717, 1.165) is 28.2 Å². The molecule has 4 heteroatoms. The van der Waals surface area contributed by atoms with Crippen molar-refractivity contribution in [2.75, 3.05) is 0 Å². The highest BCUT2D eigenvalue weighted by Crippen LogP contribution is 2.42. The van der Waals surface area contributed by atoms with E-state index in [9.17, 15) is 0 Å². The Balaban J connectivity index is 1.35. The first-order valence-electron chi connectivity index (χ1n) is 20.5. The third-order valence-corrected chi connectivity index (χ3v) is 12.9. The molecule has 4 fully saturated rings. The lowest BCUT2D eigenvalue weighted by molar-refractivity contribution is 0.430. The van der Waals surface area contributed by atoms with E-state index >= 15 is 0 Å². The van der Waals surface area contributed by atoms with Crippen molar-refractivity contribution < 1.29 is 0 Å². The maximum atomic E-state index is 5.61. The Morgan fingerprint density at radius 1 is 0.420 bits per heavy atom. The molecule has 4 aliphatic carbocycles. The summed E-state index contributed by atoms with van der Waals surface area (Å²) in [5, 5.41) is 0. The van der Waals surface area contributed by atoms with Crippen LogP contribution in [0.3, 0.4) is 0 Å². The van der Waals surface area contributed by atoms with Crippen molar-refractivity contribution in [1.82, 2.24) is 19.9 Å². The first kappa shape index (κ1) is 32.1. The fourth-order valence-corrected chi connectivity index (χ4v) is 10.3. The average Bonchev–Trinajstić information content (AvgIpc) is 4.00. The van der Waals surface area contributed by atoms with Crippen molar-refractivity contribution in [2.45, 2.75) is 146 Å². The van der Waals surface area contributed by atoms with Crippen LogP contribution in [0.5, 0.6) is 0 Å². The van der Waals surface area contributed by atoms with Gasteiger partial charge in [0.2, 0.25) is 0 Å². The molecule has 0 atom stereocenters. The van der Waals surface area contributed by atoms with E-state index in [4.69, 9.17) is 9.97 Å². The molecule has 2 aliphatic heterocycles. The van der Waals surface area contributed by atoms with Gasteiger partial charge in [0.25, 0.3) is 0 Å². The number of fused-ring (bicyclic) bond motifs is 8. The summed E-state index contributed by atoms with van der Waals surface area (Å²) in [6.07, 6.45) is 34.9. The highest BCUT2D eigenvalue weighted by molar-refractivity contribution is 5.85. The average molecular weight is 663 g/mol. The standard InChI is InChI=1S/C46H54N4/c1-2-8-16-32(15-7-1)44-38-25-23-36(47-38)35(22-21-31-13-5-3-6-14-31)37-24-26-39(48-37)45(34-19-11-12-20-34)41-28-30-43(50-41)46(33-17-9-4-10-18-33)42-29-27-40(44)49-42/h23-34,47,50H,1-20H2. The Hall–Kier alpha value is -3.84. The van der Waals surface area contributed by atoms with E-state index in [-0.39, 0.29) is 0 Å². The smallest absolute Gasteiger partial charge is 0.0815 e. The minimum Gasteiger partial charge on any atom is -0.355 e. The predicted molar refractivity (Wildman–Crippen MR) is 210 cm³/mol. The summed E-state index contributed by atoms with van der Waals surface area (Å²) in [5.41, 5.74) is 14.5. The summed E-state index contributed by atoms with van der Waals surface area (Å²) in [6.45, 7) is 0. The molecule has 258 valence electrons. The van der Waals surface area contributed by atoms with Gasteiger partial charge in [-0.2, -0.15) is 0 Å². The number of aromatic nitrogens is 4. The molecule has 0 saturated heterocycles. The second-order valence-corrected chi connectivity index (χ2v) is 16.2. The van der Waals surface area contributed by atoms with E-state index in [0.29, 0.717) is 23.7 Å². The molecule has 6 aliphatic rings. The van der Waals surface area contributed by atoms with Gasteiger partial charge in [0.15, 0.2) is 0 Å². The van der Waals surface area contributed by atoms with E-state index in [1.54, 1.807) is 0 Å². The van der Waals surface area contributed by atoms with Crippen LogP contribution in [0.2, 0.25) is 0 Å². The lowest BCUT2D eigenvalue weighted by Crippen LogP contribution is -2.07. The molecule has 2 N–H and O–H groups in total. The fourth-order valence-electron chi connectivity index (χ4n) is 10.3. The molecular formula is C46H54N4. The predicted octanol–water partition coefficient (Wildman–Crippen LogP) is 12.7. The largest absolute Gasteiger partial charge is 0.355 e. The van der Waals surface area contributed by atoms with E-state index in [1.807, 2.05) is 0 Å². The molecule has 5 heterocycles. The number of H-pyrrole nitrogens is 2. The molecule has 0 aromatic carbocycles. The Labute approximate surface area is 298 Å². The van der Waals surface area contributed by atoms with Crippen LogP contribution < -0.4 is 0 Å². The molecule has 8 bridgehead atoms. The number of nitrogens with zero attached hydrogens (tertiary/aromatic N) is 2. The van der Waals surface area contributed by atoms with Crippen molar-refractivity contribution in [3.63, 3.8) is 0 Å². The van der Waals surface area contributed by atoms with E-state index < -0.39 is 0 Å². The second kappa shape index (κ2) is 14.4. The van der Waals surface area contributed by atoms with Crippen LogP contribution in [0.4, 0.5) is 0 Å². The van der Waals surface area contributed by atoms with Crippen LogP contribution in [-0.2, 0) is 0 Å². The topological polar surface area (TPSA) is 57.4 Å². The Morgan fingerprint density at radius 3 is 1.28 bits per heavy atom. The summed E-state index contributed by atoms with van der Waals surface area (Å²) in [5.74, 6) is 9.53. The lowest BCUT2D eigenvalue weighted by atomic mass is 9.83. The Morgan fingerprint density at radius 2 is 0.780 bits per heavy atom. The van der Waals surface area contributed by atoms with Gasteiger partial charge < -0.3 is 9.97 Å². The monoisotopic (exact) mass is 662 g/mol. The molecule has 4 saturated carbocycles. The second-order valence-electron chi connectivity index (χ2n) is 16.2. The van der Waals surface area contributed by atoms with E-state index in [2.05, 4.69) is 70.4 Å². The molecule has 0 unspecified atom stereocenters. The summed E-state index contributed by atoms with van der Waals surface area (Å²) in [7, 11) is 0. The van der Waals surface area contributed by atoms with Crippen molar-refractivity contribution in [2.24, 2.45) is 5.92 Å². The van der Waals surface area contributed by atoms with Crippen molar-refractivity contribution in [3.8, 4) is 11.8 Å². The quantitative estimate of drug-likeness (QED) is 0.149. The summed E-state index contributed by atoms with van der Waals surface area (Å²) >= 11 is 0. The number of aromatic amines is 2. The van der Waals surface area contributed by atoms with Gasteiger partial charge in [-0.15, -0.1) is 0 Å². The minimum absolute atomic E-state index is 0.480. The molecule has 3 aromatic rings. The first-order chi connectivity index (χ1) is 24.8. The van der Waals surface area contributed by atoms with Crippen LogP contribution in [-0.4, -0.2) is 19.9 Å². The van der Waals surface area contributed by atoms with Gasteiger partial charge in [-0.3, -0.25) is 0 Å². The molecule has 50 heavy (non-hydrogen) atoms. The maximum Gasteiger partial charge on any atom is 0.0815 e. The molecular weight excluding hydrogens is 609 g/mol. The van der Waals surface area contributed by atoms with Gasteiger partial charge in [-0.1, -0.05) is 88.9 Å². The molecule has 9 rings (SSSR count). The maximum absolute atomic E-state index is 5.61. The Kier molecular flexibility index (Phi) is 9.25. The van der Waals surface area contributed by atoms with Crippen LogP contribution in [0.15, 0.2) is 24.3 Å². The van der Waals surface area contributed by atoms with Gasteiger partial charge in [0.05, 0.1) is 33.9 Å². The summed E-state index contributed by atoms with van der Waals surface area (Å²) in [6, 6.07) is 9.33. The fraction of sp³-hybridized carbons (Fsp3) is 0.522.